The van der Waals surface area contributed by atoms with Crippen LogP contribution < -0.4 is 10.1 Å². The van der Waals surface area contributed by atoms with Crippen LogP contribution in [0.2, 0.25) is 0 Å². The zero-order chi connectivity index (χ0) is 18.1. The number of quaternary nitrogens is 1. The Morgan fingerprint density at radius 2 is 1.72 bits per heavy atom. The molecule has 0 aliphatic carbocycles. The van der Waals surface area contributed by atoms with E-state index in [1.165, 1.54) is 24.8 Å². The minimum atomic E-state index is 0.221. The van der Waals surface area contributed by atoms with Gasteiger partial charge in [0.05, 0.1) is 18.9 Å². The van der Waals surface area contributed by atoms with E-state index in [0.29, 0.717) is 5.92 Å². The first-order valence-electron chi connectivity index (χ1n) is 9.65. The van der Waals surface area contributed by atoms with Gasteiger partial charge in [0.2, 0.25) is 0 Å². The Hall–Kier alpha value is -1.74. The molecule has 3 nitrogen and oxygen atoms in total. The Kier molecular flexibility index (Phi) is 8.07. The van der Waals surface area contributed by atoms with Crippen LogP contribution in [0, 0.1) is 5.92 Å². The molecule has 0 saturated heterocycles. The summed E-state index contributed by atoms with van der Waals surface area (Å²) >= 11 is 0. The molecular weight excluding hydrogens is 310 g/mol. The zero-order valence-corrected chi connectivity index (χ0v) is 16.2. The average Bonchev–Trinajstić information content (AvgIpc) is 3.08. The molecule has 0 bridgehead atoms. The van der Waals surface area contributed by atoms with Crippen molar-refractivity contribution in [3.05, 3.63) is 54.0 Å². The van der Waals surface area contributed by atoms with Gasteiger partial charge < -0.3 is 14.5 Å². The van der Waals surface area contributed by atoms with Crippen molar-refractivity contribution in [1.82, 2.24) is 0 Å². The maximum Gasteiger partial charge on any atom is 0.157 e. The molecule has 2 rings (SSSR count). The molecule has 0 fully saturated rings. The SMILES string of the molecule is CC(C)CC[C@@H](CC[NH2+]Cc1ccco1)c1ccc(OC(C)C)cc1. The van der Waals surface area contributed by atoms with Crippen LogP contribution in [0.1, 0.15) is 64.2 Å². The molecule has 138 valence electrons. The minimum absolute atomic E-state index is 0.221. The van der Waals surface area contributed by atoms with Gasteiger partial charge in [0.25, 0.3) is 0 Å². The molecule has 1 atom stereocenters. The van der Waals surface area contributed by atoms with E-state index in [1.807, 2.05) is 12.1 Å². The van der Waals surface area contributed by atoms with Gasteiger partial charge in [-0.15, -0.1) is 0 Å². The molecule has 2 N–H and O–H groups in total. The van der Waals surface area contributed by atoms with Crippen LogP contribution in [0.15, 0.2) is 47.1 Å². The van der Waals surface area contributed by atoms with Crippen molar-refractivity contribution in [2.75, 3.05) is 6.54 Å². The molecule has 0 amide bonds. The molecule has 0 aliphatic rings. The number of furan rings is 1. The van der Waals surface area contributed by atoms with E-state index in [9.17, 15) is 0 Å². The Bertz CT molecular complexity index is 573. The molecule has 1 aromatic carbocycles. The Balaban J connectivity index is 1.89. The van der Waals surface area contributed by atoms with Gasteiger partial charge in [0.15, 0.2) is 5.76 Å². The fourth-order valence-corrected chi connectivity index (χ4v) is 3.09. The van der Waals surface area contributed by atoms with Gasteiger partial charge in [0, 0.05) is 6.42 Å². The van der Waals surface area contributed by atoms with Gasteiger partial charge in [-0.2, -0.15) is 0 Å². The van der Waals surface area contributed by atoms with Crippen LogP contribution in [0.5, 0.6) is 5.75 Å². The highest BCUT2D eigenvalue weighted by Crippen LogP contribution is 2.28. The van der Waals surface area contributed by atoms with Crippen LogP contribution in [-0.2, 0) is 6.54 Å². The topological polar surface area (TPSA) is 39.0 Å². The Morgan fingerprint density at radius 1 is 0.960 bits per heavy atom. The molecule has 1 aromatic heterocycles. The predicted octanol–water partition coefficient (Wildman–Crippen LogP) is 4.74. The van der Waals surface area contributed by atoms with Gasteiger partial charge in [-0.05, 0) is 61.9 Å². The van der Waals surface area contributed by atoms with Crippen molar-refractivity contribution in [3.63, 3.8) is 0 Å². The lowest BCUT2D eigenvalue weighted by atomic mass is 9.89. The lowest BCUT2D eigenvalue weighted by molar-refractivity contribution is -0.672. The van der Waals surface area contributed by atoms with Crippen molar-refractivity contribution in [3.8, 4) is 5.75 Å². The fourth-order valence-electron chi connectivity index (χ4n) is 3.09. The number of ether oxygens (including phenoxy) is 1. The number of rotatable bonds is 11. The van der Waals surface area contributed by atoms with Crippen molar-refractivity contribution < 1.29 is 14.5 Å². The van der Waals surface area contributed by atoms with E-state index in [1.54, 1.807) is 6.26 Å². The smallest absolute Gasteiger partial charge is 0.157 e. The first-order chi connectivity index (χ1) is 12.0. The number of benzene rings is 1. The normalized spacial score (nSPS) is 12.7. The van der Waals surface area contributed by atoms with Crippen molar-refractivity contribution in [2.24, 2.45) is 5.92 Å². The van der Waals surface area contributed by atoms with Crippen LogP contribution in [-0.4, -0.2) is 12.6 Å². The summed E-state index contributed by atoms with van der Waals surface area (Å²) in [6.45, 7) is 10.8. The lowest BCUT2D eigenvalue weighted by Gasteiger charge is -2.19. The zero-order valence-electron chi connectivity index (χ0n) is 16.2. The van der Waals surface area contributed by atoms with Gasteiger partial charge in [-0.25, -0.2) is 0 Å². The van der Waals surface area contributed by atoms with Crippen LogP contribution >= 0.6 is 0 Å². The third kappa shape index (κ3) is 7.35. The molecule has 0 radical (unpaired) electrons. The number of hydrogen-bond acceptors (Lipinski definition) is 2. The Labute approximate surface area is 152 Å². The van der Waals surface area contributed by atoms with Gasteiger partial charge in [-0.3, -0.25) is 0 Å². The standard InChI is InChI=1S/C22H33NO2/c1-17(2)7-8-20(13-14-23-16-22-6-5-15-24-22)19-9-11-21(12-10-19)25-18(3)4/h5-6,9-12,15,17-18,20,23H,7-8,13-14,16H2,1-4H3/p+1/t20-/m0/s1. The Morgan fingerprint density at radius 3 is 2.32 bits per heavy atom. The maximum atomic E-state index is 5.77. The molecule has 3 heteroatoms. The van der Waals surface area contributed by atoms with E-state index in [4.69, 9.17) is 9.15 Å². The van der Waals surface area contributed by atoms with Crippen LogP contribution in [0.3, 0.4) is 0 Å². The van der Waals surface area contributed by atoms with E-state index in [-0.39, 0.29) is 6.10 Å². The van der Waals surface area contributed by atoms with Crippen molar-refractivity contribution in [1.29, 1.82) is 0 Å². The summed E-state index contributed by atoms with van der Waals surface area (Å²) in [7, 11) is 0. The largest absolute Gasteiger partial charge is 0.491 e. The molecule has 0 saturated carbocycles. The van der Waals surface area contributed by atoms with E-state index >= 15 is 0 Å². The molecule has 0 aliphatic heterocycles. The first-order valence-corrected chi connectivity index (χ1v) is 9.65. The molecule has 1 heterocycles. The highest BCUT2D eigenvalue weighted by Gasteiger charge is 2.14. The van der Waals surface area contributed by atoms with Gasteiger partial charge in [0.1, 0.15) is 12.3 Å². The summed E-state index contributed by atoms with van der Waals surface area (Å²) in [6.07, 6.45) is 5.68. The average molecular weight is 345 g/mol. The van der Waals surface area contributed by atoms with Crippen LogP contribution in [0.25, 0.3) is 0 Å². The summed E-state index contributed by atoms with van der Waals surface area (Å²) in [5.74, 6) is 3.38. The maximum absolute atomic E-state index is 5.77. The predicted molar refractivity (Wildman–Crippen MR) is 103 cm³/mol. The monoisotopic (exact) mass is 344 g/mol. The molecule has 0 spiro atoms. The van der Waals surface area contributed by atoms with Crippen molar-refractivity contribution in [2.45, 2.75) is 65.5 Å². The van der Waals surface area contributed by atoms with E-state index in [2.05, 4.69) is 57.3 Å². The van der Waals surface area contributed by atoms with E-state index < -0.39 is 0 Å². The summed E-state index contributed by atoms with van der Waals surface area (Å²) in [4.78, 5) is 0. The van der Waals surface area contributed by atoms with E-state index in [0.717, 1.165) is 30.5 Å². The third-order valence-electron chi connectivity index (χ3n) is 4.46. The lowest BCUT2D eigenvalue weighted by Crippen LogP contribution is -2.82. The number of nitrogens with two attached hydrogens (primary N) is 1. The summed E-state index contributed by atoms with van der Waals surface area (Å²) < 4.78 is 11.2. The molecular formula is C22H34NO2+. The summed E-state index contributed by atoms with van der Waals surface area (Å²) in [5, 5.41) is 2.34. The second kappa shape index (κ2) is 10.3. The quantitative estimate of drug-likeness (QED) is 0.598. The minimum Gasteiger partial charge on any atom is -0.491 e. The summed E-state index contributed by atoms with van der Waals surface area (Å²) in [5.41, 5.74) is 1.43. The molecule has 2 aromatic rings. The van der Waals surface area contributed by atoms with Gasteiger partial charge in [-0.1, -0.05) is 32.4 Å². The highest BCUT2D eigenvalue weighted by molar-refractivity contribution is 5.29. The number of hydrogen-bond donors (Lipinski definition) is 1. The van der Waals surface area contributed by atoms with Crippen LogP contribution in [0.4, 0.5) is 0 Å². The first kappa shape index (κ1) is 19.6. The fraction of sp³-hybridized carbons (Fsp3) is 0.545. The third-order valence-corrected chi connectivity index (χ3v) is 4.46. The molecule has 25 heavy (non-hydrogen) atoms. The van der Waals surface area contributed by atoms with Gasteiger partial charge >= 0.3 is 0 Å². The van der Waals surface area contributed by atoms with Crippen molar-refractivity contribution >= 4 is 0 Å². The second-order valence-electron chi connectivity index (χ2n) is 7.55. The summed E-state index contributed by atoms with van der Waals surface area (Å²) in [6, 6.07) is 12.7. The second-order valence-corrected chi connectivity index (χ2v) is 7.55. The highest BCUT2D eigenvalue weighted by atomic mass is 16.5. The molecule has 0 unspecified atom stereocenters.